The molecule has 0 aromatic heterocycles. The number of hydrogen-bond acceptors (Lipinski definition) is 5. The van der Waals surface area contributed by atoms with Gasteiger partial charge in [0.1, 0.15) is 0 Å². The standard InChI is InChI=1S/C18H27N3O2/c1-21-10-5-6-16(21)14-20-13-15-7-8-17(22-2)18(12-15)23-11-4-3-9-19/h7-8,12,16,20H,3-6,10-11,13-14H2,1-2H3. The molecular formula is C18H27N3O2. The zero-order valence-electron chi connectivity index (χ0n) is 14.2. The lowest BCUT2D eigenvalue weighted by atomic mass is 10.2. The molecule has 0 saturated carbocycles. The summed E-state index contributed by atoms with van der Waals surface area (Å²) in [6.07, 6.45) is 3.82. The molecule has 1 N–H and O–H groups in total. The number of methoxy groups -OCH3 is 1. The van der Waals surface area contributed by atoms with Gasteiger partial charge in [-0.1, -0.05) is 6.07 Å². The SMILES string of the molecule is COc1ccc(CNCC2CCCN2C)cc1OCCCC#N. The molecule has 0 radical (unpaired) electrons. The minimum absolute atomic E-state index is 0.512. The lowest BCUT2D eigenvalue weighted by Crippen LogP contribution is -2.35. The fourth-order valence-electron chi connectivity index (χ4n) is 2.90. The van der Waals surface area contributed by atoms with Crippen LogP contribution in [0.1, 0.15) is 31.2 Å². The van der Waals surface area contributed by atoms with E-state index in [1.165, 1.54) is 24.9 Å². The van der Waals surface area contributed by atoms with E-state index in [1.54, 1.807) is 7.11 Å². The molecule has 23 heavy (non-hydrogen) atoms. The number of nitrogens with one attached hydrogen (secondary N) is 1. The van der Waals surface area contributed by atoms with Gasteiger partial charge in [0, 0.05) is 25.6 Å². The number of ether oxygens (including phenoxy) is 2. The first-order valence-electron chi connectivity index (χ1n) is 8.32. The van der Waals surface area contributed by atoms with Crippen LogP contribution in [-0.2, 0) is 6.54 Å². The fraction of sp³-hybridized carbons (Fsp3) is 0.611. The summed E-state index contributed by atoms with van der Waals surface area (Å²) >= 11 is 0. The number of unbranched alkanes of at least 4 members (excludes halogenated alkanes) is 1. The van der Waals surface area contributed by atoms with Gasteiger partial charge in [-0.3, -0.25) is 0 Å². The smallest absolute Gasteiger partial charge is 0.161 e. The second-order valence-corrected chi connectivity index (χ2v) is 6.00. The van der Waals surface area contributed by atoms with E-state index in [0.29, 0.717) is 19.1 Å². The summed E-state index contributed by atoms with van der Waals surface area (Å²) in [5.41, 5.74) is 1.18. The lowest BCUT2D eigenvalue weighted by molar-refractivity contribution is 0.289. The van der Waals surface area contributed by atoms with Crippen molar-refractivity contribution in [2.45, 2.75) is 38.3 Å². The zero-order valence-corrected chi connectivity index (χ0v) is 14.2. The van der Waals surface area contributed by atoms with E-state index in [2.05, 4.69) is 29.4 Å². The van der Waals surface area contributed by atoms with Crippen LogP contribution in [-0.4, -0.2) is 44.8 Å². The highest BCUT2D eigenvalue weighted by Crippen LogP contribution is 2.28. The van der Waals surface area contributed by atoms with Crippen molar-refractivity contribution in [2.24, 2.45) is 0 Å². The van der Waals surface area contributed by atoms with Crippen molar-refractivity contribution in [3.8, 4) is 17.6 Å². The first-order valence-corrected chi connectivity index (χ1v) is 8.32. The molecule has 1 aromatic carbocycles. The van der Waals surface area contributed by atoms with Gasteiger partial charge in [-0.15, -0.1) is 0 Å². The predicted octanol–water partition coefficient (Wildman–Crippen LogP) is 2.56. The van der Waals surface area contributed by atoms with E-state index in [9.17, 15) is 0 Å². The summed E-state index contributed by atoms with van der Waals surface area (Å²) in [5.74, 6) is 1.49. The molecule has 1 unspecified atom stereocenters. The normalized spacial score (nSPS) is 17.9. The molecule has 1 fully saturated rings. The van der Waals surface area contributed by atoms with E-state index >= 15 is 0 Å². The van der Waals surface area contributed by atoms with E-state index in [4.69, 9.17) is 14.7 Å². The van der Waals surface area contributed by atoms with Gasteiger partial charge in [0.25, 0.3) is 0 Å². The largest absolute Gasteiger partial charge is 0.493 e. The van der Waals surface area contributed by atoms with Crippen LogP contribution in [0.3, 0.4) is 0 Å². The maximum atomic E-state index is 8.57. The van der Waals surface area contributed by atoms with Crippen molar-refractivity contribution >= 4 is 0 Å². The predicted molar refractivity (Wildman–Crippen MR) is 90.7 cm³/mol. The first-order chi connectivity index (χ1) is 11.2. The van der Waals surface area contributed by atoms with Crippen LogP contribution in [0.5, 0.6) is 11.5 Å². The summed E-state index contributed by atoms with van der Waals surface area (Å²) in [6, 6.07) is 8.80. The van der Waals surface area contributed by atoms with Crippen molar-refractivity contribution in [3.63, 3.8) is 0 Å². The maximum Gasteiger partial charge on any atom is 0.161 e. The molecule has 2 rings (SSSR count). The maximum absolute atomic E-state index is 8.57. The summed E-state index contributed by atoms with van der Waals surface area (Å²) in [7, 11) is 3.84. The molecule has 1 aromatic rings. The van der Waals surface area contributed by atoms with E-state index in [-0.39, 0.29) is 0 Å². The molecule has 0 aliphatic carbocycles. The molecule has 5 nitrogen and oxygen atoms in total. The van der Waals surface area contributed by atoms with Crippen LogP contribution in [0.4, 0.5) is 0 Å². The third-order valence-corrected chi connectivity index (χ3v) is 4.30. The Morgan fingerprint density at radius 2 is 2.26 bits per heavy atom. The molecular weight excluding hydrogens is 290 g/mol. The number of hydrogen-bond donors (Lipinski definition) is 1. The third-order valence-electron chi connectivity index (χ3n) is 4.30. The van der Waals surface area contributed by atoms with Crippen LogP contribution in [0.25, 0.3) is 0 Å². The van der Waals surface area contributed by atoms with Crippen molar-refractivity contribution < 1.29 is 9.47 Å². The topological polar surface area (TPSA) is 57.5 Å². The number of nitriles is 1. The molecule has 0 bridgehead atoms. The second kappa shape index (κ2) is 9.39. The van der Waals surface area contributed by atoms with Gasteiger partial charge in [0.2, 0.25) is 0 Å². The second-order valence-electron chi connectivity index (χ2n) is 6.00. The number of nitrogens with zero attached hydrogens (tertiary/aromatic N) is 2. The summed E-state index contributed by atoms with van der Waals surface area (Å²) in [6.45, 7) is 3.58. The van der Waals surface area contributed by atoms with E-state index in [0.717, 1.165) is 31.0 Å². The van der Waals surface area contributed by atoms with Gasteiger partial charge in [0.05, 0.1) is 19.8 Å². The number of benzene rings is 1. The van der Waals surface area contributed by atoms with E-state index < -0.39 is 0 Å². The van der Waals surface area contributed by atoms with Crippen LogP contribution < -0.4 is 14.8 Å². The Labute approximate surface area is 139 Å². The van der Waals surface area contributed by atoms with Gasteiger partial charge in [-0.25, -0.2) is 0 Å². The van der Waals surface area contributed by atoms with Crippen molar-refractivity contribution in [1.82, 2.24) is 10.2 Å². The van der Waals surface area contributed by atoms with Gasteiger partial charge in [-0.05, 0) is 50.6 Å². The molecule has 1 heterocycles. The highest BCUT2D eigenvalue weighted by Gasteiger charge is 2.19. The van der Waals surface area contributed by atoms with Gasteiger partial charge >= 0.3 is 0 Å². The molecule has 5 heteroatoms. The Kier molecular flexibility index (Phi) is 7.18. The third kappa shape index (κ3) is 5.42. The minimum Gasteiger partial charge on any atom is -0.493 e. The summed E-state index contributed by atoms with van der Waals surface area (Å²) in [4.78, 5) is 2.42. The minimum atomic E-state index is 0.512. The Morgan fingerprint density at radius 3 is 2.96 bits per heavy atom. The number of likely N-dealkylation sites (N-methyl/N-ethyl adjacent to an activating group) is 1. The highest BCUT2D eigenvalue weighted by atomic mass is 16.5. The molecule has 1 aliphatic heterocycles. The van der Waals surface area contributed by atoms with Crippen LogP contribution in [0.2, 0.25) is 0 Å². The molecule has 1 saturated heterocycles. The van der Waals surface area contributed by atoms with Crippen molar-refractivity contribution in [3.05, 3.63) is 23.8 Å². The zero-order chi connectivity index (χ0) is 16.5. The highest BCUT2D eigenvalue weighted by molar-refractivity contribution is 5.42. The van der Waals surface area contributed by atoms with Crippen molar-refractivity contribution in [1.29, 1.82) is 5.26 Å². The fourth-order valence-corrected chi connectivity index (χ4v) is 2.90. The Hall–Kier alpha value is -1.77. The monoisotopic (exact) mass is 317 g/mol. The number of rotatable bonds is 9. The van der Waals surface area contributed by atoms with Crippen molar-refractivity contribution in [2.75, 3.05) is 33.9 Å². The molecule has 1 atom stereocenters. The molecule has 1 aliphatic rings. The molecule has 126 valence electrons. The Morgan fingerprint density at radius 1 is 1.39 bits per heavy atom. The quantitative estimate of drug-likeness (QED) is 0.709. The average molecular weight is 317 g/mol. The Bertz CT molecular complexity index is 527. The van der Waals surface area contributed by atoms with Gasteiger partial charge in [0.15, 0.2) is 11.5 Å². The average Bonchev–Trinajstić information content (AvgIpc) is 2.97. The summed E-state index contributed by atoms with van der Waals surface area (Å²) in [5, 5.41) is 12.1. The van der Waals surface area contributed by atoms with E-state index in [1.807, 2.05) is 12.1 Å². The molecule has 0 spiro atoms. The number of likely N-dealkylation sites (tertiary alicyclic amines) is 1. The van der Waals surface area contributed by atoms with Gasteiger partial charge in [-0.2, -0.15) is 5.26 Å². The Balaban J connectivity index is 1.85. The first kappa shape index (κ1) is 17.6. The van der Waals surface area contributed by atoms with Crippen LogP contribution in [0.15, 0.2) is 18.2 Å². The van der Waals surface area contributed by atoms with Crippen LogP contribution >= 0.6 is 0 Å². The molecule has 0 amide bonds. The van der Waals surface area contributed by atoms with Crippen LogP contribution in [0, 0.1) is 11.3 Å². The lowest BCUT2D eigenvalue weighted by Gasteiger charge is -2.20. The van der Waals surface area contributed by atoms with Gasteiger partial charge < -0.3 is 19.7 Å². The summed E-state index contributed by atoms with van der Waals surface area (Å²) < 4.78 is 11.1.